The molecule has 2 aromatic rings. The van der Waals surface area contributed by atoms with Crippen LogP contribution in [0.15, 0.2) is 59.5 Å². The lowest BCUT2D eigenvalue weighted by Gasteiger charge is -2.19. The van der Waals surface area contributed by atoms with Gasteiger partial charge in [0.25, 0.3) is 15.9 Å². The molecule has 2 aromatic carbocycles. The molecule has 1 fully saturated rings. The predicted molar refractivity (Wildman–Crippen MR) is 102 cm³/mol. The number of carbonyl (C=O) groups is 2. The van der Waals surface area contributed by atoms with Crippen LogP contribution in [0.1, 0.15) is 23.2 Å². The SMILES string of the molecule is CN(c1ccccc1)S(=O)(=O)c1ccc(C(=O)NCC(=O)NC2CC2)cc1. The normalized spacial score (nSPS) is 13.7. The van der Waals surface area contributed by atoms with Crippen LogP contribution in [0.25, 0.3) is 0 Å². The van der Waals surface area contributed by atoms with Crippen molar-refractivity contribution >= 4 is 27.5 Å². The lowest BCUT2D eigenvalue weighted by molar-refractivity contribution is -0.120. The molecule has 0 aliphatic heterocycles. The summed E-state index contributed by atoms with van der Waals surface area (Å²) in [6.07, 6.45) is 1.96. The third-order valence-corrected chi connectivity index (χ3v) is 6.05. The van der Waals surface area contributed by atoms with Gasteiger partial charge in [0, 0.05) is 18.7 Å². The van der Waals surface area contributed by atoms with E-state index in [4.69, 9.17) is 0 Å². The number of nitrogens with one attached hydrogen (secondary N) is 2. The molecule has 1 saturated carbocycles. The summed E-state index contributed by atoms with van der Waals surface area (Å²) < 4.78 is 26.6. The van der Waals surface area contributed by atoms with E-state index in [9.17, 15) is 18.0 Å². The van der Waals surface area contributed by atoms with E-state index < -0.39 is 15.9 Å². The number of amides is 2. The first-order chi connectivity index (χ1) is 12.9. The molecule has 0 unspecified atom stereocenters. The number of nitrogens with zero attached hydrogens (tertiary/aromatic N) is 1. The molecule has 2 amide bonds. The number of hydrogen-bond acceptors (Lipinski definition) is 4. The third kappa shape index (κ3) is 4.65. The summed E-state index contributed by atoms with van der Waals surface area (Å²) in [5.74, 6) is -0.657. The molecule has 3 rings (SSSR count). The summed E-state index contributed by atoms with van der Waals surface area (Å²) in [6, 6.07) is 14.6. The number of sulfonamides is 1. The first-order valence-corrected chi connectivity index (χ1v) is 10.0. The van der Waals surface area contributed by atoms with Gasteiger partial charge in [0.1, 0.15) is 0 Å². The Kier molecular flexibility index (Phi) is 5.46. The van der Waals surface area contributed by atoms with Gasteiger partial charge >= 0.3 is 0 Å². The van der Waals surface area contributed by atoms with Crippen molar-refractivity contribution in [3.63, 3.8) is 0 Å². The van der Waals surface area contributed by atoms with Gasteiger partial charge in [-0.05, 0) is 49.2 Å². The molecule has 0 saturated heterocycles. The molecule has 0 aromatic heterocycles. The maximum Gasteiger partial charge on any atom is 0.264 e. The zero-order valence-corrected chi connectivity index (χ0v) is 15.7. The molecule has 27 heavy (non-hydrogen) atoms. The quantitative estimate of drug-likeness (QED) is 0.753. The largest absolute Gasteiger partial charge is 0.352 e. The number of anilines is 1. The van der Waals surface area contributed by atoms with E-state index in [1.807, 2.05) is 6.07 Å². The molecule has 0 radical (unpaired) electrons. The standard InChI is InChI=1S/C19H21N3O4S/c1-22(16-5-3-2-4-6-16)27(25,26)17-11-7-14(8-12-17)19(24)20-13-18(23)21-15-9-10-15/h2-8,11-12,15H,9-10,13H2,1H3,(H,20,24)(H,21,23). The molecule has 0 atom stereocenters. The van der Waals surface area contributed by atoms with Crippen LogP contribution in [-0.4, -0.2) is 39.9 Å². The summed E-state index contributed by atoms with van der Waals surface area (Å²) in [6.45, 7) is -0.105. The fourth-order valence-electron chi connectivity index (χ4n) is 2.48. The maximum atomic E-state index is 12.7. The summed E-state index contributed by atoms with van der Waals surface area (Å²) in [4.78, 5) is 23.8. The van der Waals surface area contributed by atoms with Gasteiger partial charge in [-0.2, -0.15) is 0 Å². The van der Waals surface area contributed by atoms with Crippen molar-refractivity contribution in [2.24, 2.45) is 0 Å². The number of para-hydroxylation sites is 1. The van der Waals surface area contributed by atoms with Crippen LogP contribution in [-0.2, 0) is 14.8 Å². The molecular weight excluding hydrogens is 366 g/mol. The molecule has 2 N–H and O–H groups in total. The van der Waals surface area contributed by atoms with Crippen molar-refractivity contribution < 1.29 is 18.0 Å². The Labute approximate surface area is 158 Å². The van der Waals surface area contributed by atoms with Gasteiger partial charge in [-0.3, -0.25) is 13.9 Å². The van der Waals surface area contributed by atoms with Gasteiger partial charge in [-0.25, -0.2) is 8.42 Å². The van der Waals surface area contributed by atoms with Gasteiger partial charge in [-0.15, -0.1) is 0 Å². The fourth-order valence-corrected chi connectivity index (χ4v) is 3.68. The Morgan fingerprint density at radius 2 is 1.67 bits per heavy atom. The minimum Gasteiger partial charge on any atom is -0.352 e. The Balaban J connectivity index is 1.65. The van der Waals surface area contributed by atoms with Gasteiger partial charge in [0.15, 0.2) is 0 Å². The van der Waals surface area contributed by atoms with Crippen LogP contribution in [0.5, 0.6) is 0 Å². The Morgan fingerprint density at radius 1 is 1.04 bits per heavy atom. The Morgan fingerprint density at radius 3 is 2.26 bits per heavy atom. The molecular formula is C19H21N3O4S. The van der Waals surface area contributed by atoms with E-state index in [-0.39, 0.29) is 29.0 Å². The van der Waals surface area contributed by atoms with Gasteiger partial charge < -0.3 is 10.6 Å². The van der Waals surface area contributed by atoms with E-state index in [1.165, 1.54) is 35.6 Å². The van der Waals surface area contributed by atoms with Crippen LogP contribution in [0, 0.1) is 0 Å². The topological polar surface area (TPSA) is 95.6 Å². The smallest absolute Gasteiger partial charge is 0.264 e. The zero-order valence-electron chi connectivity index (χ0n) is 14.9. The Hall–Kier alpha value is -2.87. The summed E-state index contributed by atoms with van der Waals surface area (Å²) >= 11 is 0. The van der Waals surface area contributed by atoms with E-state index >= 15 is 0 Å². The number of hydrogen-bond donors (Lipinski definition) is 2. The highest BCUT2D eigenvalue weighted by Gasteiger charge is 2.24. The molecule has 8 heteroatoms. The molecule has 0 bridgehead atoms. The van der Waals surface area contributed by atoms with Crippen LogP contribution in [0.3, 0.4) is 0 Å². The first-order valence-electron chi connectivity index (χ1n) is 8.59. The molecule has 0 spiro atoms. The molecule has 1 aliphatic carbocycles. The highest BCUT2D eigenvalue weighted by Crippen LogP contribution is 2.22. The zero-order chi connectivity index (χ0) is 19.4. The second-order valence-electron chi connectivity index (χ2n) is 6.36. The molecule has 7 nitrogen and oxygen atoms in total. The van der Waals surface area contributed by atoms with Gasteiger partial charge in [0.2, 0.25) is 5.91 Å². The summed E-state index contributed by atoms with van der Waals surface area (Å²) in [7, 11) is -2.25. The highest BCUT2D eigenvalue weighted by molar-refractivity contribution is 7.92. The van der Waals surface area contributed by atoms with E-state index in [1.54, 1.807) is 24.3 Å². The highest BCUT2D eigenvalue weighted by atomic mass is 32.2. The summed E-state index contributed by atoms with van der Waals surface area (Å²) in [5, 5.41) is 5.31. The van der Waals surface area contributed by atoms with Crippen molar-refractivity contribution in [1.29, 1.82) is 0 Å². The molecule has 1 aliphatic rings. The van der Waals surface area contributed by atoms with Gasteiger partial charge in [-0.1, -0.05) is 18.2 Å². The van der Waals surface area contributed by atoms with E-state index in [0.717, 1.165) is 12.8 Å². The second kappa shape index (κ2) is 7.79. The van der Waals surface area contributed by atoms with E-state index in [2.05, 4.69) is 10.6 Å². The summed E-state index contributed by atoms with van der Waals surface area (Å²) in [5.41, 5.74) is 0.830. The van der Waals surface area contributed by atoms with Crippen molar-refractivity contribution in [3.05, 3.63) is 60.2 Å². The Bertz CT molecular complexity index is 923. The van der Waals surface area contributed by atoms with Crippen molar-refractivity contribution in [2.75, 3.05) is 17.9 Å². The predicted octanol–water partition coefficient (Wildman–Crippen LogP) is 1.52. The fraction of sp³-hybridized carbons (Fsp3) is 0.263. The molecule has 142 valence electrons. The maximum absolute atomic E-state index is 12.7. The number of benzene rings is 2. The minimum absolute atomic E-state index is 0.0804. The first kappa shape index (κ1) is 18.9. The lowest BCUT2D eigenvalue weighted by atomic mass is 10.2. The van der Waals surface area contributed by atoms with Crippen LogP contribution in [0.2, 0.25) is 0 Å². The van der Waals surface area contributed by atoms with E-state index in [0.29, 0.717) is 5.69 Å². The second-order valence-corrected chi connectivity index (χ2v) is 8.33. The minimum atomic E-state index is -3.73. The van der Waals surface area contributed by atoms with Crippen LogP contribution < -0.4 is 14.9 Å². The lowest BCUT2D eigenvalue weighted by Crippen LogP contribution is -2.37. The monoisotopic (exact) mass is 387 g/mol. The number of rotatable bonds is 7. The van der Waals surface area contributed by atoms with Crippen LogP contribution >= 0.6 is 0 Å². The van der Waals surface area contributed by atoms with Crippen LogP contribution in [0.4, 0.5) is 5.69 Å². The van der Waals surface area contributed by atoms with Crippen molar-refractivity contribution in [2.45, 2.75) is 23.8 Å². The van der Waals surface area contributed by atoms with Crippen molar-refractivity contribution in [1.82, 2.24) is 10.6 Å². The number of carbonyl (C=O) groups excluding carboxylic acids is 2. The molecule has 0 heterocycles. The average molecular weight is 387 g/mol. The third-order valence-electron chi connectivity index (χ3n) is 4.25. The van der Waals surface area contributed by atoms with Gasteiger partial charge in [0.05, 0.1) is 17.1 Å². The average Bonchev–Trinajstić information content (AvgIpc) is 3.50. The van der Waals surface area contributed by atoms with Crippen molar-refractivity contribution in [3.8, 4) is 0 Å².